The number of benzene rings is 3. The molecule has 9 heteroatoms. The molecule has 7 rings (SSSR count). The maximum absolute atomic E-state index is 14.1. The number of phenols is 1. The van der Waals surface area contributed by atoms with Gasteiger partial charge in [0.05, 0.1) is 29.3 Å². The fourth-order valence-electron chi connectivity index (χ4n) is 7.49. The van der Waals surface area contributed by atoms with E-state index in [9.17, 15) is 19.7 Å². The molecule has 2 aliphatic heterocycles. The van der Waals surface area contributed by atoms with Gasteiger partial charge in [0.1, 0.15) is 5.75 Å². The minimum Gasteiger partial charge on any atom is -0.508 e. The quantitative estimate of drug-likeness (QED) is 0.111. The van der Waals surface area contributed by atoms with Gasteiger partial charge >= 0.3 is 7.12 Å². The topological polar surface area (TPSA) is 112 Å². The lowest BCUT2D eigenvalue weighted by molar-refractivity contribution is -0.122. The van der Waals surface area contributed by atoms with Crippen LogP contribution in [-0.2, 0) is 14.2 Å². The van der Waals surface area contributed by atoms with E-state index in [0.29, 0.717) is 24.9 Å². The van der Waals surface area contributed by atoms with Crippen LogP contribution in [0.5, 0.6) is 5.75 Å². The van der Waals surface area contributed by atoms with Crippen molar-refractivity contribution in [2.24, 2.45) is 17.8 Å². The maximum atomic E-state index is 14.1. The number of phenolic OH excluding ortho intramolecular Hbond substituents is 1. The number of para-hydroxylation sites is 1. The van der Waals surface area contributed by atoms with Gasteiger partial charge in [-0.25, -0.2) is 0 Å². The van der Waals surface area contributed by atoms with Crippen LogP contribution in [0, 0.1) is 17.8 Å². The van der Waals surface area contributed by atoms with Crippen molar-refractivity contribution in [3.05, 3.63) is 126 Å². The fraction of sp³-hybridized carbons (Fsp3) is 0.237. The predicted octanol–water partition coefficient (Wildman–Crippen LogP) is 6.87. The Bertz CT molecular complexity index is 1840. The number of aromatic hydroxyl groups is 1. The highest BCUT2D eigenvalue weighted by Crippen LogP contribution is 2.51. The van der Waals surface area contributed by atoms with Gasteiger partial charge in [0.25, 0.3) is 0 Å². The Labute approximate surface area is 274 Å². The molecule has 2 amide bonds. The van der Waals surface area contributed by atoms with Crippen LogP contribution in [0.3, 0.4) is 0 Å². The van der Waals surface area contributed by atoms with Crippen LogP contribution in [0.15, 0.2) is 114 Å². The third-order valence-electron chi connectivity index (χ3n) is 9.52. The first kappa shape index (κ1) is 30.7. The Kier molecular flexibility index (Phi) is 8.49. The Morgan fingerprint density at radius 3 is 2.47 bits per heavy atom. The Morgan fingerprint density at radius 2 is 1.72 bits per heavy atom. The average molecular weight is 626 g/mol. The number of rotatable bonds is 8. The van der Waals surface area contributed by atoms with E-state index in [4.69, 9.17) is 4.65 Å². The van der Waals surface area contributed by atoms with Crippen LogP contribution in [-0.4, -0.2) is 40.2 Å². The lowest BCUT2D eigenvalue weighted by atomic mass is 9.58. The minimum absolute atomic E-state index is 0.183. The van der Waals surface area contributed by atoms with Gasteiger partial charge in [-0.15, -0.1) is 0 Å². The molecule has 47 heavy (non-hydrogen) atoms. The van der Waals surface area contributed by atoms with Crippen molar-refractivity contribution in [2.75, 3.05) is 10.2 Å². The first-order valence-electron chi connectivity index (χ1n) is 16.1. The van der Waals surface area contributed by atoms with E-state index in [-0.39, 0.29) is 29.8 Å². The summed E-state index contributed by atoms with van der Waals surface area (Å²) in [5.41, 5.74) is 7.06. The van der Waals surface area contributed by atoms with Crippen molar-refractivity contribution in [1.82, 2.24) is 4.98 Å². The first-order chi connectivity index (χ1) is 22.9. The number of allylic oxidation sites excluding steroid dienone is 2. The molecule has 3 N–H and O–H groups in total. The maximum Gasteiger partial charge on any atom is 0.455 e. The largest absolute Gasteiger partial charge is 0.508 e. The molecule has 8 nitrogen and oxygen atoms in total. The number of amides is 2. The normalized spacial score (nSPS) is 22.7. The van der Waals surface area contributed by atoms with E-state index in [1.165, 1.54) is 4.90 Å². The number of aromatic nitrogens is 1. The van der Waals surface area contributed by atoms with Crippen molar-refractivity contribution < 1.29 is 24.4 Å². The molecule has 3 heterocycles. The molecular weight excluding hydrogens is 589 g/mol. The van der Waals surface area contributed by atoms with Crippen LogP contribution >= 0.6 is 0 Å². The van der Waals surface area contributed by atoms with Gasteiger partial charge in [0, 0.05) is 17.6 Å². The molecule has 4 aromatic rings. The number of carbonyl (C=O) groups is 2. The van der Waals surface area contributed by atoms with Gasteiger partial charge in [0.2, 0.25) is 11.8 Å². The zero-order chi connectivity index (χ0) is 32.5. The number of fused-ring (bicyclic) bond motifs is 3. The standard InChI is InChI=1S/C38H36BN3O5/c1-24-20-31-36(38(45)42(37(31)44)29-16-14-28(15-17-29)41-27-9-3-2-4-10-27)32-23-39(46)47-34(35(24)32)18-13-26(33-12-5-6-19-40-33)21-25-8-7-11-30(43)22-25/h2-12,14-17,19,21-22,31-32,34,36,41,43,46H,13,18,20,23H2,1H3/b26-21-/t31-,32+,34-,36-/m1/s1. The molecule has 0 bridgehead atoms. The predicted molar refractivity (Wildman–Crippen MR) is 184 cm³/mol. The SMILES string of the molecule is CC1=C2[C@@H](CC/C(=C/c3cccc(O)c3)c3ccccn3)OB(O)C[C@@H]2[C@@H]2C(=O)N(c3ccc(Nc4ccccc4)cc3)C(=O)[C@@H]2C1. The molecule has 4 atom stereocenters. The molecule has 0 unspecified atom stereocenters. The van der Waals surface area contributed by atoms with E-state index in [2.05, 4.69) is 10.3 Å². The van der Waals surface area contributed by atoms with Crippen LogP contribution in [0.4, 0.5) is 17.1 Å². The number of imide groups is 1. The second-order valence-electron chi connectivity index (χ2n) is 12.6. The van der Waals surface area contributed by atoms with Crippen LogP contribution < -0.4 is 10.2 Å². The molecule has 0 spiro atoms. The second-order valence-corrected chi connectivity index (χ2v) is 12.6. The summed E-state index contributed by atoms with van der Waals surface area (Å²) in [5, 5.41) is 24.3. The molecule has 0 radical (unpaired) electrons. The number of hydrogen-bond acceptors (Lipinski definition) is 7. The summed E-state index contributed by atoms with van der Waals surface area (Å²) >= 11 is 0. The molecule has 1 aliphatic carbocycles. The summed E-state index contributed by atoms with van der Waals surface area (Å²) in [4.78, 5) is 33.8. The smallest absolute Gasteiger partial charge is 0.455 e. The summed E-state index contributed by atoms with van der Waals surface area (Å²) < 4.78 is 6.16. The zero-order valence-electron chi connectivity index (χ0n) is 26.1. The van der Waals surface area contributed by atoms with Gasteiger partial charge in [-0.05, 0) is 122 Å². The summed E-state index contributed by atoms with van der Waals surface area (Å²) in [7, 11) is -1.05. The van der Waals surface area contributed by atoms with Crippen molar-refractivity contribution in [3.63, 3.8) is 0 Å². The fourth-order valence-corrected chi connectivity index (χ4v) is 7.49. The molecule has 1 aromatic heterocycles. The van der Waals surface area contributed by atoms with Crippen molar-refractivity contribution >= 4 is 47.6 Å². The van der Waals surface area contributed by atoms with Gasteiger partial charge in [-0.2, -0.15) is 0 Å². The first-order valence-corrected chi connectivity index (χ1v) is 16.1. The molecular formula is C38H36BN3O5. The third-order valence-corrected chi connectivity index (χ3v) is 9.52. The van der Waals surface area contributed by atoms with Crippen molar-refractivity contribution in [1.29, 1.82) is 0 Å². The highest BCUT2D eigenvalue weighted by molar-refractivity contribution is 6.43. The Morgan fingerprint density at radius 1 is 0.957 bits per heavy atom. The monoisotopic (exact) mass is 625 g/mol. The number of hydrogen-bond donors (Lipinski definition) is 3. The summed E-state index contributed by atoms with van der Waals surface area (Å²) in [6.07, 6.45) is 5.23. The summed E-state index contributed by atoms with van der Waals surface area (Å²) in [6.45, 7) is 2.03. The van der Waals surface area contributed by atoms with Crippen LogP contribution in [0.25, 0.3) is 11.6 Å². The number of carbonyl (C=O) groups excluding carboxylic acids is 2. The summed E-state index contributed by atoms with van der Waals surface area (Å²) in [5.74, 6) is -1.54. The van der Waals surface area contributed by atoms with Crippen LogP contribution in [0.1, 0.15) is 37.4 Å². The molecule has 3 aliphatic rings. The number of nitrogens with one attached hydrogen (secondary N) is 1. The van der Waals surface area contributed by atoms with E-state index in [1.807, 2.05) is 79.7 Å². The van der Waals surface area contributed by atoms with Crippen LogP contribution in [0.2, 0.25) is 6.32 Å². The van der Waals surface area contributed by atoms with Crippen molar-refractivity contribution in [3.8, 4) is 5.75 Å². The highest BCUT2D eigenvalue weighted by Gasteiger charge is 2.57. The summed E-state index contributed by atoms with van der Waals surface area (Å²) in [6, 6.07) is 30.0. The van der Waals surface area contributed by atoms with Crippen molar-refractivity contribution in [2.45, 2.75) is 38.6 Å². The third kappa shape index (κ3) is 6.24. The average Bonchev–Trinajstić information content (AvgIpc) is 3.32. The molecule has 0 saturated carbocycles. The number of nitrogens with zero attached hydrogens (tertiary/aromatic N) is 2. The molecule has 3 aromatic carbocycles. The van der Waals surface area contributed by atoms with E-state index in [1.54, 1.807) is 36.5 Å². The Hall–Kier alpha value is -4.99. The van der Waals surface area contributed by atoms with Gasteiger partial charge in [-0.3, -0.25) is 19.5 Å². The van der Waals surface area contributed by atoms with E-state index in [0.717, 1.165) is 39.4 Å². The lowest BCUT2D eigenvalue weighted by Gasteiger charge is -2.42. The number of anilines is 3. The van der Waals surface area contributed by atoms with E-state index >= 15 is 0 Å². The molecule has 2 fully saturated rings. The lowest BCUT2D eigenvalue weighted by Crippen LogP contribution is -2.46. The van der Waals surface area contributed by atoms with Gasteiger partial charge < -0.3 is 20.1 Å². The van der Waals surface area contributed by atoms with Gasteiger partial charge in [-0.1, -0.05) is 42.0 Å². The highest BCUT2D eigenvalue weighted by atomic mass is 16.5. The molecule has 2 saturated heterocycles. The molecule has 236 valence electrons. The Balaban J connectivity index is 1.12. The number of pyridine rings is 1. The minimum atomic E-state index is -1.05. The second kappa shape index (κ2) is 13.0. The zero-order valence-corrected chi connectivity index (χ0v) is 26.1. The van der Waals surface area contributed by atoms with E-state index < -0.39 is 25.1 Å². The van der Waals surface area contributed by atoms with Gasteiger partial charge in [0.15, 0.2) is 0 Å².